The van der Waals surface area contributed by atoms with E-state index < -0.39 is 20.8 Å². The highest BCUT2D eigenvalue weighted by molar-refractivity contribution is 7.92. The van der Waals surface area contributed by atoms with Crippen molar-refractivity contribution in [3.8, 4) is 6.07 Å². The fourth-order valence-corrected chi connectivity index (χ4v) is 2.52. The lowest BCUT2D eigenvalue weighted by Gasteiger charge is -2.07. The number of nitro groups is 1. The Morgan fingerprint density at radius 3 is 2.67 bits per heavy atom. The third kappa shape index (κ3) is 2.79. The van der Waals surface area contributed by atoms with Crippen molar-refractivity contribution in [3.05, 3.63) is 40.2 Å². The van der Waals surface area contributed by atoms with E-state index in [1.54, 1.807) is 6.07 Å². The zero-order valence-corrected chi connectivity index (χ0v) is 11.4. The van der Waals surface area contributed by atoms with Crippen LogP contribution >= 0.6 is 0 Å². The molecule has 0 radical (unpaired) electrons. The maximum absolute atomic E-state index is 12.1. The van der Waals surface area contributed by atoms with Gasteiger partial charge in [0.2, 0.25) is 0 Å². The summed E-state index contributed by atoms with van der Waals surface area (Å²) in [6, 6.07) is 3.83. The predicted octanol–water partition coefficient (Wildman–Crippen LogP) is 0.396. The average Bonchev–Trinajstić information content (AvgIpc) is 2.79. The van der Waals surface area contributed by atoms with Gasteiger partial charge in [0.05, 0.1) is 6.20 Å². The molecule has 2 rings (SSSR count). The number of hydrogen-bond donors (Lipinski definition) is 1. The molecular formula is C10H8N6O4S. The molecule has 0 aliphatic carbocycles. The van der Waals surface area contributed by atoms with Gasteiger partial charge in [0.1, 0.15) is 16.5 Å². The van der Waals surface area contributed by atoms with Gasteiger partial charge >= 0.3 is 5.82 Å². The van der Waals surface area contributed by atoms with E-state index >= 15 is 0 Å². The Morgan fingerprint density at radius 2 is 2.14 bits per heavy atom. The molecule has 11 heteroatoms. The molecule has 0 bridgehead atoms. The van der Waals surface area contributed by atoms with Gasteiger partial charge in [-0.05, 0) is 16.0 Å². The Balaban J connectivity index is 2.37. The smallest absolute Gasteiger partial charge is 0.358 e. The van der Waals surface area contributed by atoms with Gasteiger partial charge in [0.15, 0.2) is 12.0 Å². The van der Waals surface area contributed by atoms with Crippen molar-refractivity contribution in [2.75, 3.05) is 4.72 Å². The number of pyridine rings is 1. The number of aromatic nitrogens is 3. The molecule has 2 aromatic heterocycles. The number of nitriles is 1. The summed E-state index contributed by atoms with van der Waals surface area (Å²) in [5, 5.41) is 23.1. The summed E-state index contributed by atoms with van der Waals surface area (Å²) in [5.74, 6) is -0.469. The quantitative estimate of drug-likeness (QED) is 0.635. The van der Waals surface area contributed by atoms with Crippen molar-refractivity contribution in [1.82, 2.24) is 14.8 Å². The van der Waals surface area contributed by atoms with Crippen LogP contribution in [0.15, 0.2) is 29.4 Å². The second kappa shape index (κ2) is 5.17. The number of sulfonamides is 1. The highest BCUT2D eigenvalue weighted by Gasteiger charge is 2.21. The first-order chi connectivity index (χ1) is 9.85. The Bertz CT molecular complexity index is 833. The molecule has 0 unspecified atom stereocenters. The van der Waals surface area contributed by atoms with Crippen LogP contribution < -0.4 is 4.72 Å². The van der Waals surface area contributed by atoms with Crippen LogP contribution in [0.2, 0.25) is 0 Å². The number of nitrogens with zero attached hydrogens (tertiary/aromatic N) is 5. The molecule has 0 atom stereocenters. The molecule has 0 saturated heterocycles. The lowest BCUT2D eigenvalue weighted by Crippen LogP contribution is -2.16. The van der Waals surface area contributed by atoms with Crippen LogP contribution in [0.4, 0.5) is 11.6 Å². The van der Waals surface area contributed by atoms with Crippen molar-refractivity contribution in [3.63, 3.8) is 0 Å². The number of anilines is 1. The van der Waals surface area contributed by atoms with Gasteiger partial charge in [0.25, 0.3) is 10.0 Å². The van der Waals surface area contributed by atoms with E-state index in [-0.39, 0.29) is 16.3 Å². The second-order valence-corrected chi connectivity index (χ2v) is 5.54. The molecule has 0 spiro atoms. The number of rotatable bonds is 4. The summed E-state index contributed by atoms with van der Waals surface area (Å²) in [5.41, 5.74) is 0.0518. The lowest BCUT2D eigenvalue weighted by atomic mass is 10.4. The van der Waals surface area contributed by atoms with E-state index in [0.29, 0.717) is 0 Å². The highest BCUT2D eigenvalue weighted by Crippen LogP contribution is 2.19. The van der Waals surface area contributed by atoms with Gasteiger partial charge in [-0.15, -0.1) is 0 Å². The number of nitrogens with one attached hydrogen (secondary N) is 1. The molecule has 0 fully saturated rings. The largest absolute Gasteiger partial charge is 0.363 e. The summed E-state index contributed by atoms with van der Waals surface area (Å²) in [7, 11) is -2.56. The van der Waals surface area contributed by atoms with E-state index in [1.807, 2.05) is 0 Å². The Morgan fingerprint density at radius 1 is 1.43 bits per heavy atom. The molecule has 108 valence electrons. The van der Waals surface area contributed by atoms with Gasteiger partial charge in [-0.1, -0.05) is 0 Å². The van der Waals surface area contributed by atoms with Gasteiger partial charge in [-0.25, -0.2) is 8.42 Å². The van der Waals surface area contributed by atoms with Crippen LogP contribution in [0, 0.1) is 21.4 Å². The van der Waals surface area contributed by atoms with Crippen molar-refractivity contribution in [2.24, 2.45) is 7.05 Å². The van der Waals surface area contributed by atoms with Crippen LogP contribution in [-0.2, 0) is 17.1 Å². The summed E-state index contributed by atoms with van der Waals surface area (Å²) >= 11 is 0. The van der Waals surface area contributed by atoms with E-state index in [0.717, 1.165) is 18.3 Å². The van der Waals surface area contributed by atoms with Crippen LogP contribution in [0.1, 0.15) is 5.56 Å². The van der Waals surface area contributed by atoms with Gasteiger partial charge in [0, 0.05) is 13.1 Å². The molecule has 1 N–H and O–H groups in total. The van der Waals surface area contributed by atoms with Crippen molar-refractivity contribution >= 4 is 21.7 Å². The predicted molar refractivity (Wildman–Crippen MR) is 69.6 cm³/mol. The third-order valence-electron chi connectivity index (χ3n) is 2.51. The lowest BCUT2D eigenvalue weighted by molar-refractivity contribution is -0.389. The third-order valence-corrected chi connectivity index (χ3v) is 3.83. The van der Waals surface area contributed by atoms with Gasteiger partial charge in [-0.3, -0.25) is 9.40 Å². The molecule has 0 saturated carbocycles. The zero-order valence-electron chi connectivity index (χ0n) is 10.6. The molecule has 0 aliphatic rings. The van der Waals surface area contributed by atoms with E-state index in [1.165, 1.54) is 17.9 Å². The molecule has 10 nitrogen and oxygen atoms in total. The number of aryl methyl sites for hydroxylation is 1. The zero-order chi connectivity index (χ0) is 15.6. The van der Waals surface area contributed by atoms with Crippen molar-refractivity contribution in [2.45, 2.75) is 4.90 Å². The topological polar surface area (TPSA) is 144 Å². The Labute approximate surface area is 118 Å². The fraction of sp³-hybridized carbons (Fsp3) is 0.100. The molecule has 0 aliphatic heterocycles. The summed E-state index contributed by atoms with van der Waals surface area (Å²) < 4.78 is 27.6. The van der Waals surface area contributed by atoms with Crippen LogP contribution in [-0.4, -0.2) is 28.1 Å². The minimum atomic E-state index is -4.03. The van der Waals surface area contributed by atoms with E-state index in [2.05, 4.69) is 14.8 Å². The maximum Gasteiger partial charge on any atom is 0.363 e. The molecule has 2 heterocycles. The minimum absolute atomic E-state index is 0.00384. The molecule has 0 aromatic carbocycles. The van der Waals surface area contributed by atoms with Crippen molar-refractivity contribution in [1.29, 1.82) is 5.26 Å². The Kier molecular flexibility index (Phi) is 3.55. The van der Waals surface area contributed by atoms with E-state index in [4.69, 9.17) is 5.26 Å². The fourth-order valence-electron chi connectivity index (χ4n) is 1.47. The van der Waals surface area contributed by atoms with Crippen LogP contribution in [0.5, 0.6) is 0 Å². The molecule has 2 aromatic rings. The summed E-state index contributed by atoms with van der Waals surface area (Å²) in [4.78, 5) is 12.9. The summed E-state index contributed by atoms with van der Waals surface area (Å²) in [6.45, 7) is 0. The first-order valence-corrected chi connectivity index (χ1v) is 6.89. The van der Waals surface area contributed by atoms with Crippen molar-refractivity contribution < 1.29 is 13.3 Å². The monoisotopic (exact) mass is 308 g/mol. The van der Waals surface area contributed by atoms with Gasteiger partial charge < -0.3 is 10.1 Å². The summed E-state index contributed by atoms with van der Waals surface area (Å²) in [6.07, 6.45) is 2.08. The molecule has 0 amide bonds. The normalized spacial score (nSPS) is 10.9. The maximum atomic E-state index is 12.1. The molecule has 21 heavy (non-hydrogen) atoms. The van der Waals surface area contributed by atoms with E-state index in [9.17, 15) is 18.5 Å². The van der Waals surface area contributed by atoms with Gasteiger partial charge in [-0.2, -0.15) is 10.4 Å². The molecular weight excluding hydrogens is 300 g/mol. The second-order valence-electron chi connectivity index (χ2n) is 3.86. The van der Waals surface area contributed by atoms with Crippen LogP contribution in [0.25, 0.3) is 0 Å². The number of hydrogen-bond acceptors (Lipinski definition) is 7. The minimum Gasteiger partial charge on any atom is -0.358 e. The average molecular weight is 308 g/mol. The van der Waals surface area contributed by atoms with Crippen LogP contribution in [0.3, 0.4) is 0 Å². The highest BCUT2D eigenvalue weighted by atomic mass is 32.2. The first kappa shape index (κ1) is 14.4. The SMILES string of the molecule is Cn1ncc(C#N)c1NS(=O)(=O)c1ccc([N+](=O)[O-])nc1. The Hall–Kier alpha value is -3.00. The standard InChI is InChI=1S/C10H8N6O4S/c1-15-10(7(4-11)5-13-15)14-21(19,20)8-2-3-9(12-6-8)16(17)18/h2-3,5-6,14H,1H3. The first-order valence-electron chi connectivity index (χ1n) is 5.40.